The molecule has 0 saturated carbocycles. The Morgan fingerprint density at radius 1 is 1.33 bits per heavy atom. The highest BCUT2D eigenvalue weighted by atomic mass is 32.2. The predicted molar refractivity (Wildman–Crippen MR) is 81.4 cm³/mol. The summed E-state index contributed by atoms with van der Waals surface area (Å²) >= 11 is 0. The lowest BCUT2D eigenvalue weighted by molar-refractivity contribution is 0.219. The van der Waals surface area contributed by atoms with Crippen molar-refractivity contribution in [1.29, 1.82) is 5.26 Å². The summed E-state index contributed by atoms with van der Waals surface area (Å²) in [5.74, 6) is 0. The Balaban J connectivity index is 2.30. The minimum Gasteiger partial charge on any atom is -0.314 e. The molecule has 1 heterocycles. The van der Waals surface area contributed by atoms with Gasteiger partial charge in [-0.25, -0.2) is 8.42 Å². The van der Waals surface area contributed by atoms with Gasteiger partial charge in [0.25, 0.3) is 0 Å². The maximum atomic E-state index is 12.8. The van der Waals surface area contributed by atoms with Gasteiger partial charge in [0.05, 0.1) is 16.5 Å². The van der Waals surface area contributed by atoms with Crippen molar-refractivity contribution in [3.8, 4) is 6.07 Å². The third-order valence-electron chi connectivity index (χ3n) is 4.36. The van der Waals surface area contributed by atoms with Gasteiger partial charge in [0, 0.05) is 18.6 Å². The van der Waals surface area contributed by atoms with Crippen molar-refractivity contribution in [3.63, 3.8) is 0 Å². The Hall–Kier alpha value is -1.42. The second-order valence-electron chi connectivity index (χ2n) is 5.81. The maximum Gasteiger partial charge on any atom is 0.243 e. The molecule has 0 spiro atoms. The number of nitrogens with one attached hydrogen (secondary N) is 1. The van der Waals surface area contributed by atoms with Gasteiger partial charge in [-0.1, -0.05) is 6.07 Å². The van der Waals surface area contributed by atoms with E-state index in [1.807, 2.05) is 13.1 Å². The molecule has 0 amide bonds. The van der Waals surface area contributed by atoms with Crippen LogP contribution in [0.25, 0.3) is 0 Å². The van der Waals surface area contributed by atoms with E-state index in [0.29, 0.717) is 24.2 Å². The molecule has 2 rings (SSSR count). The molecule has 1 aromatic carbocycles. The number of sulfonamides is 1. The molecule has 0 aliphatic carbocycles. The topological polar surface area (TPSA) is 73.2 Å². The molecule has 6 heteroatoms. The van der Waals surface area contributed by atoms with Crippen molar-refractivity contribution in [2.24, 2.45) is 0 Å². The number of rotatable bonds is 3. The van der Waals surface area contributed by atoms with Crippen molar-refractivity contribution < 1.29 is 8.42 Å². The summed E-state index contributed by atoms with van der Waals surface area (Å²) in [6, 6.07) is 6.80. The zero-order chi connectivity index (χ0) is 15.7. The molecule has 21 heavy (non-hydrogen) atoms. The Bertz CT molecular complexity index is 669. The van der Waals surface area contributed by atoms with E-state index in [4.69, 9.17) is 5.26 Å². The molecule has 1 aromatic rings. The summed E-state index contributed by atoms with van der Waals surface area (Å²) in [5.41, 5.74) is 1.04. The van der Waals surface area contributed by atoms with Crippen molar-refractivity contribution in [2.45, 2.75) is 37.1 Å². The van der Waals surface area contributed by atoms with E-state index in [9.17, 15) is 8.42 Å². The minimum absolute atomic E-state index is 0.00440. The SMILES string of the molecule is CNC1(C)CCN(S(=O)(=O)c2cc(C#N)ccc2C)CC1. The first-order chi connectivity index (χ1) is 9.82. The second-order valence-corrected chi connectivity index (χ2v) is 7.71. The number of piperidine rings is 1. The van der Waals surface area contributed by atoms with Crippen molar-refractivity contribution >= 4 is 10.0 Å². The highest BCUT2D eigenvalue weighted by Gasteiger charge is 2.35. The largest absolute Gasteiger partial charge is 0.314 e. The minimum atomic E-state index is -3.53. The lowest BCUT2D eigenvalue weighted by Gasteiger charge is -2.38. The van der Waals surface area contributed by atoms with Gasteiger partial charge in [-0.05, 0) is 51.4 Å². The van der Waals surface area contributed by atoms with Gasteiger partial charge >= 0.3 is 0 Å². The van der Waals surface area contributed by atoms with E-state index in [1.54, 1.807) is 19.1 Å². The van der Waals surface area contributed by atoms with Crippen LogP contribution in [0.1, 0.15) is 30.9 Å². The third kappa shape index (κ3) is 3.10. The van der Waals surface area contributed by atoms with Gasteiger partial charge in [-0.15, -0.1) is 0 Å². The van der Waals surface area contributed by atoms with E-state index in [-0.39, 0.29) is 10.4 Å². The highest BCUT2D eigenvalue weighted by Crippen LogP contribution is 2.27. The predicted octanol–water partition coefficient (Wildman–Crippen LogP) is 1.63. The lowest BCUT2D eigenvalue weighted by atomic mass is 9.91. The molecule has 0 unspecified atom stereocenters. The van der Waals surface area contributed by atoms with E-state index < -0.39 is 10.0 Å². The van der Waals surface area contributed by atoms with Crippen molar-refractivity contribution in [3.05, 3.63) is 29.3 Å². The first-order valence-corrected chi connectivity index (χ1v) is 8.46. The number of hydrogen-bond donors (Lipinski definition) is 1. The molecular formula is C15H21N3O2S. The van der Waals surface area contributed by atoms with E-state index >= 15 is 0 Å². The summed E-state index contributed by atoms with van der Waals surface area (Å²) in [5, 5.41) is 12.2. The summed E-state index contributed by atoms with van der Waals surface area (Å²) in [6.45, 7) is 4.86. The number of benzene rings is 1. The van der Waals surface area contributed by atoms with Gasteiger partial charge in [-0.3, -0.25) is 0 Å². The molecule has 1 N–H and O–H groups in total. The molecule has 0 bridgehead atoms. The van der Waals surface area contributed by atoms with Crippen LogP contribution in [0.3, 0.4) is 0 Å². The molecule has 0 atom stereocenters. The average molecular weight is 307 g/mol. The van der Waals surface area contributed by atoms with E-state index in [2.05, 4.69) is 12.2 Å². The Morgan fingerprint density at radius 2 is 1.95 bits per heavy atom. The second kappa shape index (κ2) is 5.76. The smallest absolute Gasteiger partial charge is 0.243 e. The van der Waals surface area contributed by atoms with Crippen LogP contribution in [0.4, 0.5) is 0 Å². The molecule has 0 aromatic heterocycles. The summed E-state index contributed by atoms with van der Waals surface area (Å²) in [7, 11) is -1.62. The summed E-state index contributed by atoms with van der Waals surface area (Å²) in [4.78, 5) is 0.245. The normalized spacial score (nSPS) is 19.1. The zero-order valence-corrected chi connectivity index (χ0v) is 13.5. The van der Waals surface area contributed by atoms with Crippen molar-refractivity contribution in [2.75, 3.05) is 20.1 Å². The fourth-order valence-electron chi connectivity index (χ4n) is 2.56. The molecule has 1 aliphatic rings. The van der Waals surface area contributed by atoms with Crippen LogP contribution in [-0.4, -0.2) is 38.4 Å². The van der Waals surface area contributed by atoms with E-state index in [0.717, 1.165) is 12.8 Å². The maximum absolute atomic E-state index is 12.8. The Kier molecular flexibility index (Phi) is 4.38. The molecular weight excluding hydrogens is 286 g/mol. The number of nitrogens with zero attached hydrogens (tertiary/aromatic N) is 2. The Labute approximate surface area is 126 Å². The molecule has 0 radical (unpaired) electrons. The standard InChI is InChI=1S/C15H21N3O2S/c1-12-4-5-13(11-16)10-14(12)21(19,20)18-8-6-15(2,17-3)7-9-18/h4-5,10,17H,6-9H2,1-3H3. The van der Waals surface area contributed by atoms with Crippen LogP contribution in [-0.2, 0) is 10.0 Å². The van der Waals surface area contributed by atoms with Gasteiger partial charge in [0.2, 0.25) is 10.0 Å². The van der Waals surface area contributed by atoms with Crippen LogP contribution < -0.4 is 5.32 Å². The van der Waals surface area contributed by atoms with Crippen LogP contribution in [0.5, 0.6) is 0 Å². The number of aryl methyl sites for hydroxylation is 1. The van der Waals surface area contributed by atoms with Gasteiger partial charge in [-0.2, -0.15) is 9.57 Å². The molecule has 5 nitrogen and oxygen atoms in total. The van der Waals surface area contributed by atoms with Crippen LogP contribution in [0.15, 0.2) is 23.1 Å². The molecule has 1 aliphatic heterocycles. The first-order valence-electron chi connectivity index (χ1n) is 7.02. The monoisotopic (exact) mass is 307 g/mol. The molecule has 1 fully saturated rings. The fraction of sp³-hybridized carbons (Fsp3) is 0.533. The lowest BCUT2D eigenvalue weighted by Crippen LogP contribution is -2.51. The van der Waals surface area contributed by atoms with Crippen LogP contribution in [0.2, 0.25) is 0 Å². The summed E-state index contributed by atoms with van der Waals surface area (Å²) < 4.78 is 27.1. The van der Waals surface area contributed by atoms with Gasteiger partial charge < -0.3 is 5.32 Å². The summed E-state index contributed by atoms with van der Waals surface area (Å²) in [6.07, 6.45) is 1.55. The number of nitriles is 1. The number of hydrogen-bond acceptors (Lipinski definition) is 4. The van der Waals surface area contributed by atoms with E-state index in [1.165, 1.54) is 10.4 Å². The molecule has 1 saturated heterocycles. The third-order valence-corrected chi connectivity index (χ3v) is 6.41. The fourth-order valence-corrected chi connectivity index (χ4v) is 4.25. The quantitative estimate of drug-likeness (QED) is 0.921. The Morgan fingerprint density at radius 3 is 2.48 bits per heavy atom. The first kappa shape index (κ1) is 16.0. The van der Waals surface area contributed by atoms with Gasteiger partial charge in [0.1, 0.15) is 0 Å². The van der Waals surface area contributed by atoms with Crippen LogP contribution >= 0.6 is 0 Å². The highest BCUT2D eigenvalue weighted by molar-refractivity contribution is 7.89. The van der Waals surface area contributed by atoms with Gasteiger partial charge in [0.15, 0.2) is 0 Å². The average Bonchev–Trinajstić information content (AvgIpc) is 2.48. The van der Waals surface area contributed by atoms with Crippen LogP contribution in [0, 0.1) is 18.3 Å². The molecule has 114 valence electrons. The van der Waals surface area contributed by atoms with Crippen molar-refractivity contribution in [1.82, 2.24) is 9.62 Å². The zero-order valence-electron chi connectivity index (χ0n) is 12.7.